The molecule has 0 saturated carbocycles. The predicted molar refractivity (Wildman–Crippen MR) is 121 cm³/mol. The fraction of sp³-hybridized carbons (Fsp3) is 0.440. The van der Waals surface area contributed by atoms with Crippen LogP contribution >= 0.6 is 0 Å². The van der Waals surface area contributed by atoms with E-state index in [2.05, 4.69) is 9.80 Å². The lowest BCUT2D eigenvalue weighted by atomic mass is 9.96. The van der Waals surface area contributed by atoms with E-state index in [1.54, 1.807) is 29.2 Å². The molecule has 2 amide bonds. The molecule has 0 aliphatic carbocycles. The third-order valence-corrected chi connectivity index (χ3v) is 6.65. The molecule has 2 aliphatic rings. The highest BCUT2D eigenvalue weighted by molar-refractivity contribution is 5.87. The quantitative estimate of drug-likeness (QED) is 0.725. The van der Waals surface area contributed by atoms with Crippen LogP contribution < -0.4 is 5.73 Å². The molecule has 0 aromatic heterocycles. The van der Waals surface area contributed by atoms with Crippen molar-refractivity contribution in [1.82, 2.24) is 14.7 Å². The Morgan fingerprint density at radius 3 is 1.91 bits per heavy atom. The van der Waals surface area contributed by atoms with Crippen LogP contribution in [0.15, 0.2) is 48.5 Å². The maximum Gasteiger partial charge on any atom is 0.240 e. The topological polar surface area (TPSA) is 69.9 Å². The summed E-state index contributed by atoms with van der Waals surface area (Å²) >= 11 is 0. The van der Waals surface area contributed by atoms with Crippen LogP contribution in [0.5, 0.6) is 0 Å². The summed E-state index contributed by atoms with van der Waals surface area (Å²) in [5.41, 5.74) is 7.38. The molecule has 4 rings (SSSR count). The summed E-state index contributed by atoms with van der Waals surface area (Å²) in [6.45, 7) is 3.59. The van der Waals surface area contributed by atoms with Crippen molar-refractivity contribution in [2.24, 2.45) is 5.73 Å². The van der Waals surface area contributed by atoms with Crippen molar-refractivity contribution in [3.63, 3.8) is 0 Å². The molecule has 0 unspecified atom stereocenters. The molecule has 176 valence electrons. The Bertz CT molecular complexity index is 914. The average molecular weight is 457 g/mol. The summed E-state index contributed by atoms with van der Waals surface area (Å²) in [6, 6.07) is 12.2. The highest BCUT2D eigenvalue weighted by Gasteiger charge is 2.33. The number of nitrogens with zero attached hydrogens (tertiary/aromatic N) is 3. The van der Waals surface area contributed by atoms with Gasteiger partial charge in [0.1, 0.15) is 17.7 Å². The van der Waals surface area contributed by atoms with Crippen molar-refractivity contribution >= 4 is 11.8 Å². The smallest absolute Gasteiger partial charge is 0.240 e. The van der Waals surface area contributed by atoms with Crippen LogP contribution in [-0.4, -0.2) is 71.8 Å². The number of benzene rings is 2. The van der Waals surface area contributed by atoms with E-state index in [0.29, 0.717) is 39.1 Å². The molecule has 0 bridgehead atoms. The van der Waals surface area contributed by atoms with Crippen molar-refractivity contribution in [2.45, 2.75) is 31.3 Å². The average Bonchev–Trinajstić information content (AvgIpc) is 2.82. The molecule has 2 fully saturated rings. The molecular weight excluding hydrogens is 426 g/mol. The lowest BCUT2D eigenvalue weighted by Gasteiger charge is -2.41. The third kappa shape index (κ3) is 5.57. The Labute approximate surface area is 192 Å². The van der Waals surface area contributed by atoms with Crippen molar-refractivity contribution < 1.29 is 18.4 Å². The minimum absolute atomic E-state index is 0.0550. The van der Waals surface area contributed by atoms with Gasteiger partial charge in [0, 0.05) is 32.7 Å². The Balaban J connectivity index is 1.43. The Morgan fingerprint density at radius 2 is 1.39 bits per heavy atom. The summed E-state index contributed by atoms with van der Waals surface area (Å²) in [5.74, 6) is -1.09. The van der Waals surface area contributed by atoms with Crippen LogP contribution in [0.1, 0.15) is 36.4 Å². The van der Waals surface area contributed by atoms with E-state index in [1.165, 1.54) is 24.3 Å². The predicted octanol–water partition coefficient (Wildman–Crippen LogP) is 2.54. The number of amides is 2. The second-order valence-electron chi connectivity index (χ2n) is 8.82. The third-order valence-electron chi connectivity index (χ3n) is 6.65. The number of nitrogens with two attached hydrogens (primary N) is 1. The molecule has 33 heavy (non-hydrogen) atoms. The van der Waals surface area contributed by atoms with Gasteiger partial charge < -0.3 is 10.6 Å². The number of piperazine rings is 1. The van der Waals surface area contributed by atoms with Crippen LogP contribution in [0.4, 0.5) is 8.78 Å². The molecule has 2 N–H and O–H groups in total. The number of hydrogen-bond donors (Lipinski definition) is 1. The number of rotatable bonds is 6. The summed E-state index contributed by atoms with van der Waals surface area (Å²) in [5, 5.41) is 0. The minimum atomic E-state index is -0.506. The maximum atomic E-state index is 13.5. The van der Waals surface area contributed by atoms with Crippen molar-refractivity contribution in [1.29, 1.82) is 0 Å². The Kier molecular flexibility index (Phi) is 7.35. The van der Waals surface area contributed by atoms with Gasteiger partial charge in [-0.2, -0.15) is 0 Å². The number of likely N-dealkylation sites (tertiary alicyclic amines) is 1. The van der Waals surface area contributed by atoms with Gasteiger partial charge in [-0.05, 0) is 54.7 Å². The molecule has 8 heteroatoms. The molecule has 0 radical (unpaired) electrons. The monoisotopic (exact) mass is 456 g/mol. The Hall–Kier alpha value is -2.84. The maximum absolute atomic E-state index is 13.5. The van der Waals surface area contributed by atoms with E-state index in [9.17, 15) is 18.4 Å². The van der Waals surface area contributed by atoms with Gasteiger partial charge in [-0.25, -0.2) is 8.78 Å². The van der Waals surface area contributed by atoms with Crippen LogP contribution in [0, 0.1) is 11.6 Å². The number of carbonyl (C=O) groups excluding carboxylic acids is 2. The zero-order chi connectivity index (χ0) is 23.4. The second-order valence-corrected chi connectivity index (χ2v) is 8.82. The standard InChI is InChI=1S/C25H30F2N4O2/c26-20-8-4-18(5-9-20)24(19-6-10-21(27)11-7-19)30-15-13-29(14-16-30)17-23(32)31-12-2-1-3-22(31)25(28)33/h4-11,22,24H,1-3,12-17H2,(H2,28,33)/t22-/m0/s1. The minimum Gasteiger partial charge on any atom is -0.368 e. The number of primary amides is 1. The summed E-state index contributed by atoms with van der Waals surface area (Å²) in [6.07, 6.45) is 2.43. The molecule has 0 spiro atoms. The van der Waals surface area contributed by atoms with E-state index in [0.717, 1.165) is 24.0 Å². The molecule has 2 aromatic carbocycles. The first-order chi connectivity index (χ1) is 15.9. The van der Waals surface area contributed by atoms with Gasteiger partial charge in [0.15, 0.2) is 0 Å². The van der Waals surface area contributed by atoms with Crippen LogP contribution in [-0.2, 0) is 9.59 Å². The van der Waals surface area contributed by atoms with Crippen LogP contribution in [0.2, 0.25) is 0 Å². The summed E-state index contributed by atoms with van der Waals surface area (Å²) in [7, 11) is 0. The van der Waals surface area contributed by atoms with Crippen molar-refractivity contribution in [3.8, 4) is 0 Å². The number of halogens is 2. The normalized spacial score (nSPS) is 20.2. The SMILES string of the molecule is NC(=O)[C@@H]1CCCCN1C(=O)CN1CCN(C(c2ccc(F)cc2)c2ccc(F)cc2)CC1. The molecule has 2 aliphatic heterocycles. The lowest BCUT2D eigenvalue weighted by molar-refractivity contribution is -0.142. The van der Waals surface area contributed by atoms with Gasteiger partial charge in [0.25, 0.3) is 0 Å². The molecular formula is C25H30F2N4O2. The number of piperidine rings is 1. The van der Waals surface area contributed by atoms with Crippen molar-refractivity contribution in [3.05, 3.63) is 71.3 Å². The van der Waals surface area contributed by atoms with Gasteiger partial charge in [-0.1, -0.05) is 24.3 Å². The molecule has 6 nitrogen and oxygen atoms in total. The number of hydrogen-bond acceptors (Lipinski definition) is 4. The van der Waals surface area contributed by atoms with Gasteiger partial charge in [-0.3, -0.25) is 19.4 Å². The van der Waals surface area contributed by atoms with E-state index in [4.69, 9.17) is 5.73 Å². The van der Waals surface area contributed by atoms with Gasteiger partial charge in [0.05, 0.1) is 12.6 Å². The fourth-order valence-electron chi connectivity index (χ4n) is 4.89. The lowest BCUT2D eigenvalue weighted by Crippen LogP contribution is -2.55. The highest BCUT2D eigenvalue weighted by atomic mass is 19.1. The van der Waals surface area contributed by atoms with Gasteiger partial charge in [-0.15, -0.1) is 0 Å². The highest BCUT2D eigenvalue weighted by Crippen LogP contribution is 2.30. The first-order valence-corrected chi connectivity index (χ1v) is 11.5. The fourth-order valence-corrected chi connectivity index (χ4v) is 4.89. The Morgan fingerprint density at radius 1 is 0.848 bits per heavy atom. The van der Waals surface area contributed by atoms with E-state index < -0.39 is 11.9 Å². The molecule has 2 aromatic rings. The summed E-state index contributed by atoms with van der Waals surface area (Å²) < 4.78 is 27.0. The van der Waals surface area contributed by atoms with Crippen LogP contribution in [0.3, 0.4) is 0 Å². The first kappa shape index (κ1) is 23.3. The zero-order valence-corrected chi connectivity index (χ0v) is 18.6. The zero-order valence-electron chi connectivity index (χ0n) is 18.6. The van der Waals surface area contributed by atoms with Gasteiger partial charge in [0.2, 0.25) is 11.8 Å². The second kappa shape index (κ2) is 10.4. The molecule has 1 atom stereocenters. The molecule has 2 heterocycles. The van der Waals surface area contributed by atoms with Crippen LogP contribution in [0.25, 0.3) is 0 Å². The van der Waals surface area contributed by atoms with E-state index >= 15 is 0 Å². The van der Waals surface area contributed by atoms with E-state index in [1.807, 2.05) is 0 Å². The van der Waals surface area contributed by atoms with Crippen molar-refractivity contribution in [2.75, 3.05) is 39.3 Å². The molecule has 2 saturated heterocycles. The van der Waals surface area contributed by atoms with Gasteiger partial charge >= 0.3 is 0 Å². The first-order valence-electron chi connectivity index (χ1n) is 11.5. The summed E-state index contributed by atoms with van der Waals surface area (Å²) in [4.78, 5) is 30.7. The van der Waals surface area contributed by atoms with E-state index in [-0.39, 0.29) is 30.1 Å². The number of carbonyl (C=O) groups is 2. The largest absolute Gasteiger partial charge is 0.368 e.